The maximum Gasteiger partial charge on any atom is 0.248 e. The van der Waals surface area contributed by atoms with Gasteiger partial charge in [-0.15, -0.1) is 0 Å². The molecule has 0 spiro atoms. The number of methoxy groups -OCH3 is 1. The lowest BCUT2D eigenvalue weighted by Gasteiger charge is -2.29. The maximum atomic E-state index is 12.6. The largest absolute Gasteiger partial charge is 0.383 e. The van der Waals surface area contributed by atoms with Gasteiger partial charge in [0.25, 0.3) is 0 Å². The number of ether oxygens (including phenoxy) is 1. The Morgan fingerprint density at radius 2 is 2.11 bits per heavy atom. The molecule has 0 aliphatic carbocycles. The van der Waals surface area contributed by atoms with Gasteiger partial charge in [0.05, 0.1) is 12.8 Å². The van der Waals surface area contributed by atoms with Gasteiger partial charge in [-0.05, 0) is 12.8 Å². The van der Waals surface area contributed by atoms with Gasteiger partial charge in [0, 0.05) is 19.7 Å². The molecule has 3 N–H and O–H groups in total. The molecular weight excluding hydrogens is 268 g/mol. The zero-order valence-electron chi connectivity index (χ0n) is 11.6. The van der Waals surface area contributed by atoms with Crippen molar-refractivity contribution in [3.63, 3.8) is 0 Å². The summed E-state index contributed by atoms with van der Waals surface area (Å²) in [5.74, 6) is 0.0633. The standard InChI is InChI=1S/C11H22N4O3S/c1-4-9(5-2)15(6-7-18-3)19(16,17)10-8-13-14-11(10)12/h8-9H,4-7H2,1-3H3,(H3,12,13,14). The number of nitrogens with zero attached hydrogens (tertiary/aromatic N) is 2. The summed E-state index contributed by atoms with van der Waals surface area (Å²) < 4.78 is 31.7. The summed E-state index contributed by atoms with van der Waals surface area (Å²) >= 11 is 0. The lowest BCUT2D eigenvalue weighted by atomic mass is 10.2. The highest BCUT2D eigenvalue weighted by Crippen LogP contribution is 2.23. The van der Waals surface area contributed by atoms with Crippen molar-refractivity contribution in [2.75, 3.05) is 26.0 Å². The van der Waals surface area contributed by atoms with Crippen LogP contribution in [0.25, 0.3) is 0 Å². The fourth-order valence-corrected chi connectivity index (χ4v) is 3.76. The number of sulfonamides is 1. The highest BCUT2D eigenvalue weighted by Gasteiger charge is 2.31. The minimum atomic E-state index is -3.65. The van der Waals surface area contributed by atoms with E-state index in [1.807, 2.05) is 13.8 Å². The Hall–Kier alpha value is -1.12. The van der Waals surface area contributed by atoms with E-state index in [4.69, 9.17) is 10.5 Å². The first-order valence-electron chi connectivity index (χ1n) is 6.28. The van der Waals surface area contributed by atoms with Crippen LogP contribution in [0.3, 0.4) is 0 Å². The number of hydrogen-bond acceptors (Lipinski definition) is 5. The first kappa shape index (κ1) is 15.9. The zero-order chi connectivity index (χ0) is 14.5. The third-order valence-electron chi connectivity index (χ3n) is 3.08. The number of aromatic nitrogens is 2. The molecule has 7 nitrogen and oxygen atoms in total. The second-order valence-electron chi connectivity index (χ2n) is 4.23. The number of rotatable bonds is 8. The van der Waals surface area contributed by atoms with E-state index in [0.29, 0.717) is 13.2 Å². The summed E-state index contributed by atoms with van der Waals surface area (Å²) in [6, 6.07) is -0.0746. The van der Waals surface area contributed by atoms with Crippen molar-refractivity contribution in [1.29, 1.82) is 0 Å². The molecule has 0 saturated heterocycles. The van der Waals surface area contributed by atoms with E-state index in [-0.39, 0.29) is 16.8 Å². The van der Waals surface area contributed by atoms with Crippen LogP contribution in [-0.4, -0.2) is 49.2 Å². The second kappa shape index (κ2) is 6.88. The molecule has 110 valence electrons. The first-order chi connectivity index (χ1) is 8.98. The minimum absolute atomic E-state index is 0.0236. The lowest BCUT2D eigenvalue weighted by Crippen LogP contribution is -2.41. The molecule has 1 aromatic heterocycles. The molecule has 0 atom stereocenters. The van der Waals surface area contributed by atoms with Gasteiger partial charge in [0.1, 0.15) is 10.7 Å². The fraction of sp³-hybridized carbons (Fsp3) is 0.727. The minimum Gasteiger partial charge on any atom is -0.383 e. The number of H-pyrrole nitrogens is 1. The van der Waals surface area contributed by atoms with Gasteiger partial charge in [-0.3, -0.25) is 5.10 Å². The molecule has 0 radical (unpaired) electrons. The normalized spacial score (nSPS) is 12.5. The van der Waals surface area contributed by atoms with Crippen LogP contribution in [0.4, 0.5) is 5.82 Å². The molecule has 0 bridgehead atoms. The Labute approximate surface area is 114 Å². The average molecular weight is 290 g/mol. The quantitative estimate of drug-likeness (QED) is 0.738. The molecule has 0 aromatic carbocycles. The summed E-state index contributed by atoms with van der Waals surface area (Å²) in [5, 5.41) is 6.13. The predicted molar refractivity (Wildman–Crippen MR) is 73.1 cm³/mol. The third kappa shape index (κ3) is 3.46. The molecule has 1 rings (SSSR count). The molecule has 0 saturated carbocycles. The highest BCUT2D eigenvalue weighted by molar-refractivity contribution is 7.89. The van der Waals surface area contributed by atoms with E-state index >= 15 is 0 Å². The van der Waals surface area contributed by atoms with Gasteiger partial charge in [-0.25, -0.2) is 8.42 Å². The number of nitrogens with two attached hydrogens (primary N) is 1. The summed E-state index contributed by atoms with van der Waals surface area (Å²) in [6.07, 6.45) is 2.71. The van der Waals surface area contributed by atoms with Crippen LogP contribution >= 0.6 is 0 Å². The van der Waals surface area contributed by atoms with Gasteiger partial charge in [0.15, 0.2) is 0 Å². The number of nitrogens with one attached hydrogen (secondary N) is 1. The predicted octanol–water partition coefficient (Wildman–Crippen LogP) is 0.818. The molecule has 1 aromatic rings. The van der Waals surface area contributed by atoms with E-state index in [1.54, 1.807) is 7.11 Å². The van der Waals surface area contributed by atoms with E-state index in [2.05, 4.69) is 10.2 Å². The van der Waals surface area contributed by atoms with Crippen molar-refractivity contribution in [3.8, 4) is 0 Å². The second-order valence-corrected chi connectivity index (χ2v) is 6.09. The summed E-state index contributed by atoms with van der Waals surface area (Å²) in [6.45, 7) is 4.56. The van der Waals surface area contributed by atoms with Gasteiger partial charge in [-0.1, -0.05) is 13.8 Å². The van der Waals surface area contributed by atoms with E-state index < -0.39 is 10.0 Å². The monoisotopic (exact) mass is 290 g/mol. The molecule has 0 amide bonds. The molecule has 19 heavy (non-hydrogen) atoms. The average Bonchev–Trinajstić information content (AvgIpc) is 2.81. The van der Waals surface area contributed by atoms with Crippen LogP contribution in [0.2, 0.25) is 0 Å². The summed E-state index contributed by atoms with van der Waals surface area (Å²) in [7, 11) is -2.10. The molecule has 1 heterocycles. The van der Waals surface area contributed by atoms with Crippen LogP contribution in [0, 0.1) is 0 Å². The topological polar surface area (TPSA) is 101 Å². The van der Waals surface area contributed by atoms with Crippen LogP contribution in [0.1, 0.15) is 26.7 Å². The number of hydrogen-bond donors (Lipinski definition) is 2. The summed E-state index contributed by atoms with van der Waals surface area (Å²) in [5.41, 5.74) is 5.62. The zero-order valence-corrected chi connectivity index (χ0v) is 12.4. The van der Waals surface area contributed by atoms with Gasteiger partial charge < -0.3 is 10.5 Å². The van der Waals surface area contributed by atoms with Gasteiger partial charge in [-0.2, -0.15) is 9.40 Å². The highest BCUT2D eigenvalue weighted by atomic mass is 32.2. The maximum absolute atomic E-state index is 12.6. The Morgan fingerprint density at radius 1 is 1.47 bits per heavy atom. The van der Waals surface area contributed by atoms with Crippen molar-refractivity contribution >= 4 is 15.8 Å². The molecule has 0 fully saturated rings. The molecule has 0 aliphatic rings. The molecular formula is C11H22N4O3S. The van der Waals surface area contributed by atoms with E-state index in [0.717, 1.165) is 12.8 Å². The van der Waals surface area contributed by atoms with Crippen LogP contribution in [-0.2, 0) is 14.8 Å². The first-order valence-corrected chi connectivity index (χ1v) is 7.72. The Kier molecular flexibility index (Phi) is 5.77. The smallest absolute Gasteiger partial charge is 0.248 e. The summed E-state index contributed by atoms with van der Waals surface area (Å²) in [4.78, 5) is 0.0236. The Balaban J connectivity index is 3.12. The fourth-order valence-electron chi connectivity index (χ4n) is 1.99. The molecule has 0 aliphatic heterocycles. The van der Waals surface area contributed by atoms with Crippen molar-refractivity contribution in [3.05, 3.63) is 6.20 Å². The third-order valence-corrected chi connectivity index (χ3v) is 5.06. The number of aromatic amines is 1. The Morgan fingerprint density at radius 3 is 2.53 bits per heavy atom. The molecule has 8 heteroatoms. The number of anilines is 1. The van der Waals surface area contributed by atoms with E-state index in [9.17, 15) is 8.42 Å². The lowest BCUT2D eigenvalue weighted by molar-refractivity contribution is 0.163. The van der Waals surface area contributed by atoms with Crippen molar-refractivity contribution in [2.45, 2.75) is 37.6 Å². The van der Waals surface area contributed by atoms with Gasteiger partial charge in [0.2, 0.25) is 10.0 Å². The van der Waals surface area contributed by atoms with Crippen molar-refractivity contribution in [2.24, 2.45) is 0 Å². The van der Waals surface area contributed by atoms with Crippen LogP contribution in [0.5, 0.6) is 0 Å². The van der Waals surface area contributed by atoms with Crippen LogP contribution < -0.4 is 5.73 Å². The van der Waals surface area contributed by atoms with Gasteiger partial charge >= 0.3 is 0 Å². The Bertz CT molecular complexity index is 482. The van der Waals surface area contributed by atoms with E-state index in [1.165, 1.54) is 10.5 Å². The molecule has 0 unspecified atom stereocenters. The SMILES string of the molecule is CCC(CC)N(CCOC)S(=O)(=O)c1cn[nH]c1N. The van der Waals surface area contributed by atoms with Crippen molar-refractivity contribution < 1.29 is 13.2 Å². The van der Waals surface area contributed by atoms with Crippen molar-refractivity contribution in [1.82, 2.24) is 14.5 Å². The number of nitrogen functional groups attached to an aromatic ring is 1. The van der Waals surface area contributed by atoms with Crippen LogP contribution in [0.15, 0.2) is 11.1 Å².